The van der Waals surface area contributed by atoms with Gasteiger partial charge in [0, 0.05) is 12.1 Å². The second-order valence-electron chi connectivity index (χ2n) is 5.68. The maximum Gasteiger partial charge on any atom is 0.315 e. The molecular weight excluding hydrogens is 255 g/mol. The van der Waals surface area contributed by atoms with Gasteiger partial charge < -0.3 is 10.6 Å². The predicted molar refractivity (Wildman–Crippen MR) is 78.1 cm³/mol. The first kappa shape index (κ1) is 14.8. The van der Waals surface area contributed by atoms with Crippen molar-refractivity contribution in [3.63, 3.8) is 0 Å². The summed E-state index contributed by atoms with van der Waals surface area (Å²) in [6, 6.07) is 6.67. The highest BCUT2D eigenvalue weighted by molar-refractivity contribution is 5.74. The molecule has 1 unspecified atom stereocenters. The lowest BCUT2D eigenvalue weighted by Crippen LogP contribution is -2.46. The molecule has 4 heteroatoms. The molecule has 3 nitrogen and oxygen atoms in total. The lowest BCUT2D eigenvalue weighted by molar-refractivity contribution is 0.229. The van der Waals surface area contributed by atoms with Crippen molar-refractivity contribution in [1.82, 2.24) is 10.6 Å². The summed E-state index contributed by atoms with van der Waals surface area (Å²) in [7, 11) is 0. The van der Waals surface area contributed by atoms with E-state index in [1.165, 1.54) is 31.4 Å². The fourth-order valence-corrected chi connectivity index (χ4v) is 2.72. The maximum atomic E-state index is 12.8. The number of hydrogen-bond donors (Lipinski definition) is 2. The van der Waals surface area contributed by atoms with Crippen LogP contribution in [0, 0.1) is 5.82 Å². The first-order valence-corrected chi connectivity index (χ1v) is 7.45. The Morgan fingerprint density at radius 2 is 1.90 bits per heavy atom. The summed E-state index contributed by atoms with van der Waals surface area (Å²) < 4.78 is 12.8. The zero-order chi connectivity index (χ0) is 14.4. The molecule has 0 bridgehead atoms. The number of rotatable bonds is 4. The largest absolute Gasteiger partial charge is 0.335 e. The van der Waals surface area contributed by atoms with Gasteiger partial charge in [-0.05, 0) is 43.9 Å². The van der Waals surface area contributed by atoms with Crippen molar-refractivity contribution in [1.29, 1.82) is 0 Å². The lowest BCUT2D eigenvalue weighted by atomic mass is 9.96. The third kappa shape index (κ3) is 4.83. The van der Waals surface area contributed by atoms with Crippen molar-refractivity contribution in [2.45, 2.75) is 57.5 Å². The zero-order valence-electron chi connectivity index (χ0n) is 12.0. The molecular formula is C16H23FN2O. The third-order valence-electron chi connectivity index (χ3n) is 3.77. The van der Waals surface area contributed by atoms with Gasteiger partial charge in [0.15, 0.2) is 0 Å². The van der Waals surface area contributed by atoms with Gasteiger partial charge in [-0.2, -0.15) is 0 Å². The molecule has 0 heterocycles. The second kappa shape index (κ2) is 7.27. The van der Waals surface area contributed by atoms with Gasteiger partial charge in [-0.3, -0.25) is 0 Å². The molecule has 1 atom stereocenters. The number of nitrogens with one attached hydrogen (secondary N) is 2. The molecule has 0 spiro atoms. The van der Waals surface area contributed by atoms with E-state index in [0.29, 0.717) is 12.5 Å². The molecule has 20 heavy (non-hydrogen) atoms. The van der Waals surface area contributed by atoms with E-state index in [9.17, 15) is 9.18 Å². The maximum absolute atomic E-state index is 12.8. The molecule has 0 saturated heterocycles. The van der Waals surface area contributed by atoms with Crippen molar-refractivity contribution in [3.05, 3.63) is 35.6 Å². The highest BCUT2D eigenvalue weighted by Crippen LogP contribution is 2.17. The van der Waals surface area contributed by atoms with Gasteiger partial charge >= 0.3 is 6.03 Å². The SMILES string of the molecule is CC(Cc1ccc(F)cc1)NC(=O)NC1CCCCC1. The Morgan fingerprint density at radius 3 is 2.55 bits per heavy atom. The number of urea groups is 1. The zero-order valence-corrected chi connectivity index (χ0v) is 12.0. The normalized spacial score (nSPS) is 17.5. The number of amides is 2. The third-order valence-corrected chi connectivity index (χ3v) is 3.77. The Balaban J connectivity index is 1.74. The summed E-state index contributed by atoms with van der Waals surface area (Å²) in [6.07, 6.45) is 6.56. The Labute approximate surface area is 120 Å². The lowest BCUT2D eigenvalue weighted by Gasteiger charge is -2.24. The van der Waals surface area contributed by atoms with E-state index in [0.717, 1.165) is 18.4 Å². The molecule has 1 fully saturated rings. The summed E-state index contributed by atoms with van der Waals surface area (Å²) in [6.45, 7) is 1.96. The standard InChI is InChI=1S/C16H23FN2O/c1-12(11-13-7-9-14(17)10-8-13)18-16(20)19-15-5-3-2-4-6-15/h7-10,12,15H,2-6,11H2,1H3,(H2,18,19,20). The summed E-state index contributed by atoms with van der Waals surface area (Å²) in [5.74, 6) is -0.232. The Morgan fingerprint density at radius 1 is 1.25 bits per heavy atom. The van der Waals surface area contributed by atoms with Crippen LogP contribution >= 0.6 is 0 Å². The van der Waals surface area contributed by atoms with Gasteiger partial charge in [-0.15, -0.1) is 0 Å². The van der Waals surface area contributed by atoms with E-state index >= 15 is 0 Å². The van der Waals surface area contributed by atoms with Crippen LogP contribution in [0.5, 0.6) is 0 Å². The van der Waals surface area contributed by atoms with Gasteiger partial charge in [-0.1, -0.05) is 31.4 Å². The van der Waals surface area contributed by atoms with Crippen molar-refractivity contribution in [3.8, 4) is 0 Å². The van der Waals surface area contributed by atoms with Crippen LogP contribution in [0.25, 0.3) is 0 Å². The second-order valence-corrected chi connectivity index (χ2v) is 5.68. The van der Waals surface area contributed by atoms with Crippen LogP contribution in [0.4, 0.5) is 9.18 Å². The first-order valence-electron chi connectivity index (χ1n) is 7.45. The Kier molecular flexibility index (Phi) is 5.39. The van der Waals surface area contributed by atoms with Crippen LogP contribution in [0.1, 0.15) is 44.6 Å². The minimum absolute atomic E-state index is 0.0315. The summed E-state index contributed by atoms with van der Waals surface area (Å²) in [5, 5.41) is 5.98. The van der Waals surface area contributed by atoms with Crippen LogP contribution in [0.15, 0.2) is 24.3 Å². The van der Waals surface area contributed by atoms with E-state index in [1.807, 2.05) is 6.92 Å². The van der Waals surface area contributed by atoms with E-state index in [-0.39, 0.29) is 17.9 Å². The van der Waals surface area contributed by atoms with Crippen molar-refractivity contribution >= 4 is 6.03 Å². The van der Waals surface area contributed by atoms with E-state index in [4.69, 9.17) is 0 Å². The molecule has 110 valence electrons. The quantitative estimate of drug-likeness (QED) is 0.871. The molecule has 2 rings (SSSR count). The molecule has 0 aromatic heterocycles. The average Bonchev–Trinajstić information content (AvgIpc) is 2.42. The van der Waals surface area contributed by atoms with Crippen LogP contribution in [-0.2, 0) is 6.42 Å². The van der Waals surface area contributed by atoms with Crippen LogP contribution < -0.4 is 10.6 Å². The minimum atomic E-state index is -0.232. The molecule has 1 aliphatic carbocycles. The first-order chi connectivity index (χ1) is 9.63. The monoisotopic (exact) mass is 278 g/mol. The fourth-order valence-electron chi connectivity index (χ4n) is 2.72. The predicted octanol–water partition coefficient (Wildman–Crippen LogP) is 3.39. The summed E-state index contributed by atoms with van der Waals surface area (Å²) >= 11 is 0. The van der Waals surface area contributed by atoms with Crippen LogP contribution in [-0.4, -0.2) is 18.1 Å². The minimum Gasteiger partial charge on any atom is -0.335 e. The Bertz CT molecular complexity index is 427. The summed E-state index contributed by atoms with van der Waals surface area (Å²) in [5.41, 5.74) is 1.02. The number of carbonyl (C=O) groups is 1. The number of benzene rings is 1. The number of halogens is 1. The number of carbonyl (C=O) groups excluding carboxylic acids is 1. The van der Waals surface area contributed by atoms with Gasteiger partial charge in [0.25, 0.3) is 0 Å². The van der Waals surface area contributed by atoms with E-state index < -0.39 is 0 Å². The summed E-state index contributed by atoms with van der Waals surface area (Å²) in [4.78, 5) is 11.9. The molecule has 1 aromatic carbocycles. The average molecular weight is 278 g/mol. The van der Waals surface area contributed by atoms with Crippen molar-refractivity contribution < 1.29 is 9.18 Å². The molecule has 1 saturated carbocycles. The highest BCUT2D eigenvalue weighted by atomic mass is 19.1. The topological polar surface area (TPSA) is 41.1 Å². The highest BCUT2D eigenvalue weighted by Gasteiger charge is 2.16. The van der Waals surface area contributed by atoms with Gasteiger partial charge in [0.2, 0.25) is 0 Å². The number of hydrogen-bond acceptors (Lipinski definition) is 1. The fraction of sp³-hybridized carbons (Fsp3) is 0.562. The van der Waals surface area contributed by atoms with Crippen molar-refractivity contribution in [2.75, 3.05) is 0 Å². The Hall–Kier alpha value is -1.58. The van der Waals surface area contributed by atoms with Gasteiger partial charge in [-0.25, -0.2) is 9.18 Å². The van der Waals surface area contributed by atoms with E-state index in [1.54, 1.807) is 12.1 Å². The van der Waals surface area contributed by atoms with Crippen molar-refractivity contribution in [2.24, 2.45) is 0 Å². The molecule has 2 amide bonds. The molecule has 0 aliphatic heterocycles. The van der Waals surface area contributed by atoms with Crippen LogP contribution in [0.2, 0.25) is 0 Å². The molecule has 1 aliphatic rings. The van der Waals surface area contributed by atoms with Gasteiger partial charge in [0.05, 0.1) is 0 Å². The smallest absolute Gasteiger partial charge is 0.315 e. The van der Waals surface area contributed by atoms with E-state index in [2.05, 4.69) is 10.6 Å². The van der Waals surface area contributed by atoms with Gasteiger partial charge in [0.1, 0.15) is 5.82 Å². The van der Waals surface area contributed by atoms with Crippen LogP contribution in [0.3, 0.4) is 0 Å². The molecule has 0 radical (unpaired) electrons. The molecule has 1 aromatic rings. The molecule has 2 N–H and O–H groups in total.